The highest BCUT2D eigenvalue weighted by Crippen LogP contribution is 2.26. The van der Waals surface area contributed by atoms with Gasteiger partial charge in [-0.3, -0.25) is 4.79 Å². The zero-order valence-electron chi connectivity index (χ0n) is 7.92. The number of hydrogen-bond donors (Lipinski definition) is 0. The molecule has 0 amide bonds. The van der Waals surface area contributed by atoms with Crippen molar-refractivity contribution in [2.45, 2.75) is 39.0 Å². The first-order chi connectivity index (χ1) is 6.24. The van der Waals surface area contributed by atoms with E-state index in [0.717, 1.165) is 19.1 Å². The van der Waals surface area contributed by atoms with Crippen molar-refractivity contribution in [1.82, 2.24) is 0 Å². The second kappa shape index (κ2) is 4.73. The van der Waals surface area contributed by atoms with Crippen LogP contribution < -0.4 is 0 Å². The highest BCUT2D eigenvalue weighted by molar-refractivity contribution is 6.25. The minimum Gasteiger partial charge on any atom is -0.361 e. The quantitative estimate of drug-likeness (QED) is 0.283. The molecular formula is C10H14N2O. The first-order valence-corrected chi connectivity index (χ1v) is 4.62. The number of allylic oxidation sites excluding steroid dienone is 2. The summed E-state index contributed by atoms with van der Waals surface area (Å²) < 4.78 is 0. The molecule has 0 bridgehead atoms. The molecule has 1 aliphatic rings. The predicted molar refractivity (Wildman–Crippen MR) is 50.5 cm³/mol. The number of nitrogens with zero attached hydrogens (tertiary/aromatic N) is 2. The van der Waals surface area contributed by atoms with Crippen LogP contribution in [0, 0.1) is 0 Å². The monoisotopic (exact) mass is 178 g/mol. The maximum atomic E-state index is 11.1. The van der Waals surface area contributed by atoms with Crippen LogP contribution >= 0.6 is 0 Å². The molecule has 0 radical (unpaired) electrons. The van der Waals surface area contributed by atoms with E-state index in [0.29, 0.717) is 6.42 Å². The van der Waals surface area contributed by atoms with E-state index < -0.39 is 0 Å². The molecule has 0 N–H and O–H groups in total. The molecule has 0 aromatic heterocycles. The fraction of sp³-hybridized carbons (Fsp3) is 0.600. The van der Waals surface area contributed by atoms with Crippen molar-refractivity contribution in [2.75, 3.05) is 0 Å². The Kier molecular flexibility index (Phi) is 3.59. The maximum Gasteiger partial charge on any atom is 0.323 e. The molecule has 0 saturated carbocycles. The summed E-state index contributed by atoms with van der Waals surface area (Å²) in [6.07, 6.45) is 5.95. The van der Waals surface area contributed by atoms with Gasteiger partial charge in [-0.2, -0.15) is 4.79 Å². The summed E-state index contributed by atoms with van der Waals surface area (Å²) >= 11 is 0. The summed E-state index contributed by atoms with van der Waals surface area (Å²) in [6, 6.07) is 0. The summed E-state index contributed by atoms with van der Waals surface area (Å²) in [7, 11) is 0. The van der Waals surface area contributed by atoms with Gasteiger partial charge in [-0.05, 0) is 32.6 Å². The molecule has 0 saturated heterocycles. The van der Waals surface area contributed by atoms with Gasteiger partial charge in [-0.15, -0.1) is 0 Å². The summed E-state index contributed by atoms with van der Waals surface area (Å²) in [5.74, 6) is -0.112. The van der Waals surface area contributed by atoms with Crippen LogP contribution in [-0.4, -0.2) is 16.8 Å². The summed E-state index contributed by atoms with van der Waals surface area (Å²) in [5, 5.41) is 0. The lowest BCUT2D eigenvalue weighted by atomic mass is 9.90. The van der Waals surface area contributed by atoms with Gasteiger partial charge in [-0.1, -0.05) is 11.1 Å². The number of ketones is 1. The van der Waals surface area contributed by atoms with Gasteiger partial charge in [0.25, 0.3) is 0 Å². The van der Waals surface area contributed by atoms with Crippen molar-refractivity contribution in [2.24, 2.45) is 0 Å². The molecular weight excluding hydrogens is 164 g/mol. The fourth-order valence-corrected chi connectivity index (χ4v) is 1.68. The molecule has 70 valence electrons. The van der Waals surface area contributed by atoms with Crippen LogP contribution in [0.3, 0.4) is 0 Å². The average Bonchev–Trinajstić information content (AvgIpc) is 2.09. The van der Waals surface area contributed by atoms with Crippen LogP contribution in [-0.2, 0) is 4.79 Å². The highest BCUT2D eigenvalue weighted by atomic mass is 16.1. The first-order valence-electron chi connectivity index (χ1n) is 4.62. The number of carbonyl (C=O) groups excluding carboxylic acids is 1. The van der Waals surface area contributed by atoms with E-state index in [1.807, 2.05) is 0 Å². The topological polar surface area (TPSA) is 53.5 Å². The standard InChI is InChI=1S/C10H14N2O/c1-8-4-2-3-5-9(8)6-10(13)7-12-11/h7H,2-6H2,1H3. The van der Waals surface area contributed by atoms with Gasteiger partial charge in [-0.25, -0.2) is 0 Å². The largest absolute Gasteiger partial charge is 0.361 e. The van der Waals surface area contributed by atoms with Crippen molar-refractivity contribution in [3.05, 3.63) is 16.7 Å². The Morgan fingerprint density at radius 1 is 1.54 bits per heavy atom. The Morgan fingerprint density at radius 3 is 2.85 bits per heavy atom. The lowest BCUT2D eigenvalue weighted by Gasteiger charge is -2.15. The lowest BCUT2D eigenvalue weighted by Crippen LogP contribution is -2.06. The molecule has 1 rings (SSSR count). The van der Waals surface area contributed by atoms with E-state index in [1.165, 1.54) is 24.0 Å². The maximum absolute atomic E-state index is 11.1. The summed E-state index contributed by atoms with van der Waals surface area (Å²) in [4.78, 5) is 13.8. The summed E-state index contributed by atoms with van der Waals surface area (Å²) in [5.41, 5.74) is 10.7. The van der Waals surface area contributed by atoms with Gasteiger partial charge in [0.05, 0.1) is 0 Å². The molecule has 0 unspecified atom stereocenters. The van der Waals surface area contributed by atoms with Crippen LogP contribution in [0.2, 0.25) is 0 Å². The van der Waals surface area contributed by atoms with Gasteiger partial charge in [0.15, 0.2) is 0 Å². The Balaban J connectivity index is 2.61. The number of hydrogen-bond acceptors (Lipinski definition) is 1. The van der Waals surface area contributed by atoms with Crippen LogP contribution in [0.1, 0.15) is 39.0 Å². The Hall–Kier alpha value is -1.21. The van der Waals surface area contributed by atoms with Crippen LogP contribution in [0.4, 0.5) is 0 Å². The smallest absolute Gasteiger partial charge is 0.323 e. The van der Waals surface area contributed by atoms with Crippen LogP contribution in [0.5, 0.6) is 0 Å². The number of rotatable bonds is 3. The highest BCUT2D eigenvalue weighted by Gasteiger charge is 2.13. The normalized spacial score (nSPS) is 16.7. The zero-order valence-corrected chi connectivity index (χ0v) is 7.92. The van der Waals surface area contributed by atoms with Crippen LogP contribution in [0.15, 0.2) is 11.1 Å². The van der Waals surface area contributed by atoms with Crippen molar-refractivity contribution < 1.29 is 9.58 Å². The third kappa shape index (κ3) is 2.96. The number of Topliss-reactive ketones (excluding diaryl/α,β-unsaturated/α-hetero) is 1. The molecule has 0 aromatic carbocycles. The Bertz CT molecular complexity index is 285. The van der Waals surface area contributed by atoms with Crippen molar-refractivity contribution in [3.63, 3.8) is 0 Å². The van der Waals surface area contributed by atoms with Gasteiger partial charge >= 0.3 is 6.21 Å². The molecule has 0 heterocycles. The van der Waals surface area contributed by atoms with Crippen molar-refractivity contribution in [1.29, 1.82) is 0 Å². The van der Waals surface area contributed by atoms with E-state index in [2.05, 4.69) is 11.7 Å². The van der Waals surface area contributed by atoms with E-state index in [9.17, 15) is 4.79 Å². The summed E-state index contributed by atoms with van der Waals surface area (Å²) in [6.45, 7) is 2.08. The Labute approximate surface area is 78.1 Å². The molecule has 0 atom stereocenters. The lowest BCUT2D eigenvalue weighted by molar-refractivity contribution is -0.115. The minimum atomic E-state index is -0.112. The van der Waals surface area contributed by atoms with E-state index in [-0.39, 0.29) is 5.78 Å². The minimum absolute atomic E-state index is 0.112. The SMILES string of the molecule is CC1=C(CC(=O)C=[N+]=[N-])CCCC1. The zero-order chi connectivity index (χ0) is 9.68. The van der Waals surface area contributed by atoms with Gasteiger partial charge in [0, 0.05) is 6.42 Å². The number of carbonyl (C=O) groups is 1. The third-order valence-corrected chi connectivity index (χ3v) is 2.47. The predicted octanol–water partition coefficient (Wildman–Crippen LogP) is 2.14. The van der Waals surface area contributed by atoms with Gasteiger partial charge in [0.1, 0.15) is 0 Å². The average molecular weight is 178 g/mol. The molecule has 0 spiro atoms. The van der Waals surface area contributed by atoms with Crippen molar-refractivity contribution >= 4 is 12.0 Å². The molecule has 13 heavy (non-hydrogen) atoms. The molecule has 0 fully saturated rings. The molecule has 1 aliphatic carbocycles. The van der Waals surface area contributed by atoms with E-state index >= 15 is 0 Å². The van der Waals surface area contributed by atoms with E-state index in [1.54, 1.807) is 0 Å². The van der Waals surface area contributed by atoms with E-state index in [4.69, 9.17) is 5.53 Å². The molecule has 3 nitrogen and oxygen atoms in total. The first kappa shape index (κ1) is 9.87. The Morgan fingerprint density at radius 2 is 2.23 bits per heavy atom. The third-order valence-electron chi connectivity index (χ3n) is 2.47. The molecule has 0 aromatic rings. The second-order valence-corrected chi connectivity index (χ2v) is 3.48. The molecule has 0 aliphatic heterocycles. The van der Waals surface area contributed by atoms with Crippen molar-refractivity contribution in [3.8, 4) is 0 Å². The second-order valence-electron chi connectivity index (χ2n) is 3.48. The van der Waals surface area contributed by atoms with Gasteiger partial charge < -0.3 is 5.53 Å². The molecule has 3 heteroatoms. The van der Waals surface area contributed by atoms with Crippen LogP contribution in [0.25, 0.3) is 5.53 Å². The van der Waals surface area contributed by atoms with Gasteiger partial charge in [0.2, 0.25) is 5.78 Å². The fourth-order valence-electron chi connectivity index (χ4n) is 1.68.